The minimum Gasteiger partial charge on any atom is -0.379 e. The van der Waals surface area contributed by atoms with Crippen LogP contribution >= 0.6 is 23.2 Å². The highest BCUT2D eigenvalue weighted by Crippen LogP contribution is 2.44. The zero-order valence-electron chi connectivity index (χ0n) is 34.0. The van der Waals surface area contributed by atoms with Gasteiger partial charge in [-0.15, -0.1) is 0 Å². The van der Waals surface area contributed by atoms with Crippen LogP contribution in [0.5, 0.6) is 0 Å². The number of hydrogen-bond donors (Lipinski definition) is 5. The van der Waals surface area contributed by atoms with Crippen LogP contribution in [0.25, 0.3) is 0 Å². The van der Waals surface area contributed by atoms with Crippen molar-refractivity contribution in [3.05, 3.63) is 0 Å². The molecule has 0 saturated carbocycles. The van der Waals surface area contributed by atoms with E-state index in [1.807, 2.05) is 55.4 Å². The van der Waals surface area contributed by atoms with E-state index in [2.05, 4.69) is 0 Å². The van der Waals surface area contributed by atoms with Crippen LogP contribution in [-0.2, 0) is 50.7 Å². The number of hydrogen-bond acceptors (Lipinski definition) is 11. The molecule has 0 aliphatic carbocycles. The molecule has 0 aliphatic heterocycles. The number of nitrogens with two attached hydrogens (primary N) is 3. The molecule has 0 saturated heterocycles. The Balaban J connectivity index is 3.91. The SMILES string of the molecule is CC(C)(CCCOCCOCCCCC(C)(C)COP(N)(=O)OCC(C)(C)CCCCOCCOCCCC(C)(C)COP(N)(=O)O)COP(N)(=O)O. The van der Waals surface area contributed by atoms with Crippen molar-refractivity contribution in [2.45, 2.75) is 120 Å². The zero-order chi connectivity index (χ0) is 40.7. The van der Waals surface area contributed by atoms with Crippen molar-refractivity contribution < 1.29 is 60.5 Å². The third kappa shape index (κ3) is 36.3. The van der Waals surface area contributed by atoms with E-state index in [1.54, 1.807) is 0 Å². The quantitative estimate of drug-likeness (QED) is 0.0307. The van der Waals surface area contributed by atoms with Crippen LogP contribution in [0.2, 0.25) is 0 Å². The lowest BCUT2D eigenvalue weighted by Gasteiger charge is -2.28. The topological polar surface area (TPSA) is 244 Å². The minimum atomic E-state index is -3.96. The maximum atomic E-state index is 12.8. The zero-order valence-corrected chi connectivity index (χ0v) is 36.7. The van der Waals surface area contributed by atoms with Crippen molar-refractivity contribution in [3.8, 4) is 0 Å². The predicted octanol–water partition coefficient (Wildman–Crippen LogP) is 7.31. The summed E-state index contributed by atoms with van der Waals surface area (Å²) in [5, 5.41) is 0. The van der Waals surface area contributed by atoms with E-state index in [0.29, 0.717) is 52.9 Å². The lowest BCUT2D eigenvalue weighted by molar-refractivity contribution is 0.0389. The molecular weight excluding hydrogens is 751 g/mol. The van der Waals surface area contributed by atoms with Crippen LogP contribution in [-0.4, -0.2) is 89.1 Å². The van der Waals surface area contributed by atoms with Gasteiger partial charge < -0.3 is 28.7 Å². The molecule has 2 atom stereocenters. The normalized spacial score (nSPS) is 16.7. The third-order valence-electron chi connectivity index (χ3n) is 8.36. The second-order valence-electron chi connectivity index (χ2n) is 17.0. The molecule has 0 rings (SSSR count). The molecule has 19 heteroatoms. The van der Waals surface area contributed by atoms with Gasteiger partial charge in [-0.3, -0.25) is 18.1 Å². The fourth-order valence-electron chi connectivity index (χ4n) is 4.95. The predicted molar refractivity (Wildman–Crippen MR) is 208 cm³/mol. The highest BCUT2D eigenvalue weighted by atomic mass is 31.2. The van der Waals surface area contributed by atoms with Gasteiger partial charge in [-0.05, 0) is 73.0 Å². The second-order valence-corrected chi connectivity index (χ2v) is 21.4. The van der Waals surface area contributed by atoms with Crippen molar-refractivity contribution in [1.29, 1.82) is 0 Å². The summed E-state index contributed by atoms with van der Waals surface area (Å²) in [7, 11) is -11.6. The van der Waals surface area contributed by atoms with Gasteiger partial charge in [0.2, 0.25) is 0 Å². The summed E-state index contributed by atoms with van der Waals surface area (Å²) in [6.07, 6.45) is 8.41. The lowest BCUT2D eigenvalue weighted by Crippen LogP contribution is -2.23. The van der Waals surface area contributed by atoms with Crippen LogP contribution < -0.4 is 16.5 Å². The lowest BCUT2D eigenvalue weighted by atomic mass is 9.88. The maximum Gasteiger partial charge on any atom is 0.402 e. The van der Waals surface area contributed by atoms with Gasteiger partial charge in [0.25, 0.3) is 0 Å². The van der Waals surface area contributed by atoms with Gasteiger partial charge in [0, 0.05) is 26.4 Å². The van der Waals surface area contributed by atoms with Gasteiger partial charge in [-0.25, -0.2) is 30.2 Å². The number of ether oxygens (including phenoxy) is 4. The monoisotopic (exact) mass is 827 g/mol. The van der Waals surface area contributed by atoms with Crippen LogP contribution in [0.3, 0.4) is 0 Å². The van der Waals surface area contributed by atoms with E-state index in [0.717, 1.165) is 64.2 Å². The van der Waals surface area contributed by atoms with E-state index in [1.165, 1.54) is 0 Å². The van der Waals surface area contributed by atoms with Gasteiger partial charge in [-0.2, -0.15) is 0 Å². The molecule has 2 unspecified atom stereocenters. The van der Waals surface area contributed by atoms with Gasteiger partial charge in [0.1, 0.15) is 0 Å². The Morgan fingerprint density at radius 2 is 0.642 bits per heavy atom. The molecule has 0 spiro atoms. The molecule has 0 radical (unpaired) electrons. The highest BCUT2D eigenvalue weighted by Gasteiger charge is 2.29. The maximum absolute atomic E-state index is 12.8. The molecule has 0 fully saturated rings. The first-order valence-corrected chi connectivity index (χ1v) is 23.7. The summed E-state index contributed by atoms with van der Waals surface area (Å²) in [5.74, 6) is 0. The molecule has 0 aliphatic rings. The average Bonchev–Trinajstić information content (AvgIpc) is 3.02. The van der Waals surface area contributed by atoms with Crippen LogP contribution in [0.4, 0.5) is 0 Å². The molecule has 53 heavy (non-hydrogen) atoms. The van der Waals surface area contributed by atoms with Crippen molar-refractivity contribution in [2.24, 2.45) is 38.2 Å². The Kier molecular flexibility index (Phi) is 26.3. The van der Waals surface area contributed by atoms with E-state index in [-0.39, 0.29) is 48.1 Å². The van der Waals surface area contributed by atoms with Crippen molar-refractivity contribution in [3.63, 3.8) is 0 Å². The van der Waals surface area contributed by atoms with Crippen LogP contribution in [0.1, 0.15) is 120 Å². The summed E-state index contributed by atoms with van der Waals surface area (Å²) >= 11 is 0. The number of unbranched alkanes of at least 4 members (excludes halogenated alkanes) is 2. The largest absolute Gasteiger partial charge is 0.402 e. The average molecular weight is 828 g/mol. The first-order valence-electron chi connectivity index (χ1n) is 18.7. The standard InChI is InChI=1S/C34H76N3O13P3/c1-31(2,15-9-11-19-43-23-25-45-21-13-17-33(5,6)27-47-51(35,38)39)29-49-53(37,42)50-30-32(3,4)16-10-12-20-44-24-26-46-22-14-18-34(7,8)28-48-52(36,40)41/h9-30H2,1-8H3,(H2,37,42)(H3,35,38,39)(H3,36,40,41). The Bertz CT molecular complexity index is 1020. The highest BCUT2D eigenvalue weighted by molar-refractivity contribution is 7.51. The van der Waals surface area contributed by atoms with E-state index >= 15 is 0 Å². The molecule has 8 N–H and O–H groups in total. The molecule has 0 aromatic heterocycles. The summed E-state index contributed by atoms with van der Waals surface area (Å²) < 4.78 is 78.5. The number of rotatable bonds is 36. The fraction of sp³-hybridized carbons (Fsp3) is 1.00. The van der Waals surface area contributed by atoms with Gasteiger partial charge >= 0.3 is 23.2 Å². The molecule has 16 nitrogen and oxygen atoms in total. The van der Waals surface area contributed by atoms with E-state index in [4.69, 9.17) is 63.3 Å². The Morgan fingerprint density at radius 1 is 0.396 bits per heavy atom. The van der Waals surface area contributed by atoms with E-state index < -0.39 is 23.2 Å². The Morgan fingerprint density at radius 3 is 0.925 bits per heavy atom. The molecule has 0 amide bonds. The van der Waals surface area contributed by atoms with Gasteiger partial charge in [0.05, 0.1) is 52.9 Å². The van der Waals surface area contributed by atoms with Gasteiger partial charge in [0.15, 0.2) is 0 Å². The minimum absolute atomic E-state index is 0.109. The van der Waals surface area contributed by atoms with Crippen molar-refractivity contribution in [1.82, 2.24) is 0 Å². The Labute approximate surface area is 320 Å². The molecule has 0 aromatic carbocycles. The van der Waals surface area contributed by atoms with E-state index in [9.17, 15) is 13.7 Å². The summed E-state index contributed by atoms with van der Waals surface area (Å²) in [4.78, 5) is 18.2. The Hall–Kier alpha value is 0.170. The smallest absolute Gasteiger partial charge is 0.379 e. The van der Waals surface area contributed by atoms with Gasteiger partial charge in [-0.1, -0.05) is 68.2 Å². The molecule has 0 aromatic rings. The second kappa shape index (κ2) is 26.2. The summed E-state index contributed by atoms with van der Waals surface area (Å²) in [6.45, 7) is 21.0. The first kappa shape index (κ1) is 53.2. The molecule has 0 heterocycles. The summed E-state index contributed by atoms with van der Waals surface area (Å²) in [6, 6.07) is 0. The van der Waals surface area contributed by atoms with Crippen molar-refractivity contribution >= 4 is 23.2 Å². The molecule has 0 bridgehead atoms. The third-order valence-corrected chi connectivity index (χ3v) is 10.3. The summed E-state index contributed by atoms with van der Waals surface area (Å²) in [5.41, 5.74) is 15.0. The first-order chi connectivity index (χ1) is 24.2. The van der Waals surface area contributed by atoms with Crippen molar-refractivity contribution in [2.75, 3.05) is 79.3 Å². The van der Waals surface area contributed by atoms with Crippen LogP contribution in [0, 0.1) is 21.7 Å². The fourth-order valence-corrected chi connectivity index (χ4v) is 7.16. The molecular formula is C34H76N3O13P3. The van der Waals surface area contributed by atoms with Crippen LogP contribution in [0.15, 0.2) is 0 Å². The molecule has 320 valence electrons.